The van der Waals surface area contributed by atoms with E-state index in [0.29, 0.717) is 5.69 Å². The van der Waals surface area contributed by atoms with Gasteiger partial charge in [-0.2, -0.15) is 5.26 Å². The van der Waals surface area contributed by atoms with Crippen molar-refractivity contribution in [2.45, 2.75) is 20.8 Å². The highest BCUT2D eigenvalue weighted by Crippen LogP contribution is 2.33. The second kappa shape index (κ2) is 8.16. The summed E-state index contributed by atoms with van der Waals surface area (Å²) in [4.78, 5) is 6.43. The topological polar surface area (TPSA) is 49.1 Å². The lowest BCUT2D eigenvalue weighted by atomic mass is 10.1. The number of anilines is 2. The third kappa shape index (κ3) is 3.72. The van der Waals surface area contributed by atoms with E-state index < -0.39 is 0 Å². The Hall–Kier alpha value is -3.06. The minimum Gasteiger partial charge on any atom is -0.496 e. The average Bonchev–Trinajstić information content (AvgIpc) is 2.68. The van der Waals surface area contributed by atoms with Crippen molar-refractivity contribution in [1.29, 1.82) is 5.26 Å². The monoisotopic (exact) mass is 333 g/mol. The Morgan fingerprint density at radius 3 is 2.44 bits per heavy atom. The van der Waals surface area contributed by atoms with Crippen LogP contribution in [0.1, 0.15) is 25.1 Å². The fourth-order valence-corrected chi connectivity index (χ4v) is 2.70. The molecule has 0 radical (unpaired) electrons. The zero-order valence-corrected chi connectivity index (χ0v) is 15.4. The van der Waals surface area contributed by atoms with E-state index in [1.54, 1.807) is 7.11 Å². The Morgan fingerprint density at radius 2 is 1.80 bits per heavy atom. The number of nitriles is 1. The molecular formula is C21H23N3O. The first-order valence-corrected chi connectivity index (χ1v) is 8.32. The van der Waals surface area contributed by atoms with Crippen LogP contribution in [0.2, 0.25) is 0 Å². The summed E-state index contributed by atoms with van der Waals surface area (Å²) in [5.74, 6) is 0.861. The molecule has 0 saturated heterocycles. The summed E-state index contributed by atoms with van der Waals surface area (Å²) in [7, 11) is 3.66. The summed E-state index contributed by atoms with van der Waals surface area (Å²) in [5.41, 5.74) is 4.28. The van der Waals surface area contributed by atoms with Crippen molar-refractivity contribution in [2.24, 2.45) is 0 Å². The van der Waals surface area contributed by atoms with Crippen LogP contribution in [0.15, 0.2) is 48.5 Å². The van der Waals surface area contributed by atoms with Gasteiger partial charge in [-0.15, -0.1) is 0 Å². The summed E-state index contributed by atoms with van der Waals surface area (Å²) >= 11 is 0. The molecule has 4 nitrogen and oxygen atoms in total. The Balaban J connectivity index is 0.00000109. The Labute approximate surface area is 149 Å². The van der Waals surface area contributed by atoms with Crippen molar-refractivity contribution in [2.75, 3.05) is 19.1 Å². The largest absolute Gasteiger partial charge is 0.496 e. The van der Waals surface area contributed by atoms with Crippen LogP contribution >= 0.6 is 0 Å². The van der Waals surface area contributed by atoms with Gasteiger partial charge in [0, 0.05) is 18.1 Å². The van der Waals surface area contributed by atoms with E-state index >= 15 is 0 Å². The van der Waals surface area contributed by atoms with Gasteiger partial charge in [0.2, 0.25) is 0 Å². The molecule has 0 unspecified atom stereocenters. The smallest absolute Gasteiger partial charge is 0.143 e. The third-order valence-electron chi connectivity index (χ3n) is 3.94. The Kier molecular flexibility index (Phi) is 5.97. The number of para-hydroxylation sites is 1. The van der Waals surface area contributed by atoms with Gasteiger partial charge in [-0.25, -0.2) is 4.98 Å². The summed E-state index contributed by atoms with van der Waals surface area (Å²) < 4.78 is 5.32. The molecule has 1 aromatic heterocycles. The van der Waals surface area contributed by atoms with Gasteiger partial charge in [0.25, 0.3) is 0 Å². The van der Waals surface area contributed by atoms with Gasteiger partial charge in [-0.3, -0.25) is 0 Å². The minimum absolute atomic E-state index is 0.413. The second-order valence-corrected chi connectivity index (χ2v) is 5.37. The van der Waals surface area contributed by atoms with E-state index in [0.717, 1.165) is 33.6 Å². The Bertz CT molecular complexity index is 913. The lowest BCUT2D eigenvalue weighted by Crippen LogP contribution is -2.11. The molecule has 0 spiro atoms. The number of ether oxygens (including phenoxy) is 1. The van der Waals surface area contributed by atoms with Crippen molar-refractivity contribution in [3.63, 3.8) is 0 Å². The van der Waals surface area contributed by atoms with Crippen LogP contribution in [0.5, 0.6) is 5.75 Å². The van der Waals surface area contributed by atoms with E-state index in [4.69, 9.17) is 4.74 Å². The number of hydrogen-bond acceptors (Lipinski definition) is 4. The standard InChI is InChI=1S/C19H17N3O.C2H6/c1-13-10-15(8-9-19(13)23-3)22(2)18-11-14(12-20)21-17-7-5-4-6-16(17)18;1-2/h4-11H,1-3H3;1-2H3. The van der Waals surface area contributed by atoms with Crippen LogP contribution in [0.4, 0.5) is 11.4 Å². The molecule has 2 aromatic carbocycles. The first-order valence-electron chi connectivity index (χ1n) is 8.32. The number of rotatable bonds is 3. The number of methoxy groups -OCH3 is 1. The maximum absolute atomic E-state index is 9.24. The summed E-state index contributed by atoms with van der Waals surface area (Å²) in [6.07, 6.45) is 0. The van der Waals surface area contributed by atoms with Crippen molar-refractivity contribution in [1.82, 2.24) is 4.98 Å². The molecule has 0 atom stereocenters. The number of nitrogens with zero attached hydrogens (tertiary/aromatic N) is 3. The van der Waals surface area contributed by atoms with Crippen molar-refractivity contribution >= 4 is 22.3 Å². The van der Waals surface area contributed by atoms with Crippen molar-refractivity contribution < 1.29 is 4.74 Å². The number of pyridine rings is 1. The molecule has 1 heterocycles. The van der Waals surface area contributed by atoms with Gasteiger partial charge in [0.15, 0.2) is 0 Å². The zero-order valence-electron chi connectivity index (χ0n) is 15.4. The average molecular weight is 333 g/mol. The van der Waals surface area contributed by atoms with Crippen molar-refractivity contribution in [3.05, 3.63) is 59.8 Å². The molecule has 0 aliphatic heterocycles. The van der Waals surface area contributed by atoms with Crippen LogP contribution < -0.4 is 9.64 Å². The van der Waals surface area contributed by atoms with Crippen LogP contribution in [0, 0.1) is 18.3 Å². The van der Waals surface area contributed by atoms with Crippen LogP contribution in [0.25, 0.3) is 10.9 Å². The molecule has 0 N–H and O–H groups in total. The minimum atomic E-state index is 0.413. The highest BCUT2D eigenvalue weighted by molar-refractivity contribution is 5.94. The molecule has 4 heteroatoms. The first-order chi connectivity index (χ1) is 12.1. The fraction of sp³-hybridized carbons (Fsp3) is 0.238. The summed E-state index contributed by atoms with van der Waals surface area (Å²) in [6, 6.07) is 17.8. The molecule has 3 aromatic rings. The summed E-state index contributed by atoms with van der Waals surface area (Å²) in [6.45, 7) is 6.02. The lowest BCUT2D eigenvalue weighted by molar-refractivity contribution is 0.412. The number of aryl methyl sites for hydroxylation is 1. The highest BCUT2D eigenvalue weighted by Gasteiger charge is 2.12. The van der Waals surface area contributed by atoms with Crippen LogP contribution in [-0.2, 0) is 0 Å². The predicted molar refractivity (Wildman–Crippen MR) is 104 cm³/mol. The van der Waals surface area contributed by atoms with Gasteiger partial charge in [-0.1, -0.05) is 32.0 Å². The molecule has 0 saturated carbocycles. The van der Waals surface area contributed by atoms with E-state index in [-0.39, 0.29) is 0 Å². The first kappa shape index (κ1) is 18.3. The zero-order chi connectivity index (χ0) is 18.4. The quantitative estimate of drug-likeness (QED) is 0.659. The molecule has 3 rings (SSSR count). The molecule has 0 aliphatic carbocycles. The van der Waals surface area contributed by atoms with E-state index in [2.05, 4.69) is 22.0 Å². The molecule has 0 amide bonds. The fourth-order valence-electron chi connectivity index (χ4n) is 2.70. The maximum Gasteiger partial charge on any atom is 0.143 e. The number of hydrogen-bond donors (Lipinski definition) is 0. The van der Waals surface area contributed by atoms with Gasteiger partial charge in [0.05, 0.1) is 18.3 Å². The van der Waals surface area contributed by atoms with Gasteiger partial charge < -0.3 is 9.64 Å². The molecule has 0 bridgehead atoms. The second-order valence-electron chi connectivity index (χ2n) is 5.37. The number of benzene rings is 2. The maximum atomic E-state index is 9.24. The molecule has 0 aliphatic rings. The highest BCUT2D eigenvalue weighted by atomic mass is 16.5. The van der Waals surface area contributed by atoms with Crippen molar-refractivity contribution in [3.8, 4) is 11.8 Å². The van der Waals surface area contributed by atoms with Crippen LogP contribution in [-0.4, -0.2) is 19.1 Å². The van der Waals surface area contributed by atoms with Gasteiger partial charge >= 0.3 is 0 Å². The Morgan fingerprint density at radius 1 is 1.08 bits per heavy atom. The number of fused-ring (bicyclic) bond motifs is 1. The third-order valence-corrected chi connectivity index (χ3v) is 3.94. The van der Waals surface area contributed by atoms with Gasteiger partial charge in [-0.05, 0) is 42.8 Å². The van der Waals surface area contributed by atoms with E-state index in [1.807, 2.05) is 70.3 Å². The lowest BCUT2D eigenvalue weighted by Gasteiger charge is -2.22. The normalized spacial score (nSPS) is 9.76. The number of aromatic nitrogens is 1. The molecule has 25 heavy (non-hydrogen) atoms. The molecule has 0 fully saturated rings. The molecule has 128 valence electrons. The van der Waals surface area contributed by atoms with Crippen LogP contribution in [0.3, 0.4) is 0 Å². The van der Waals surface area contributed by atoms with E-state index in [9.17, 15) is 5.26 Å². The van der Waals surface area contributed by atoms with E-state index in [1.165, 1.54) is 0 Å². The predicted octanol–water partition coefficient (Wildman–Crippen LogP) is 5.22. The van der Waals surface area contributed by atoms with Gasteiger partial charge in [0.1, 0.15) is 17.5 Å². The summed E-state index contributed by atoms with van der Waals surface area (Å²) in [5, 5.41) is 10.3. The SMILES string of the molecule is CC.COc1ccc(N(C)c2cc(C#N)nc3ccccc23)cc1C. The molecular weight excluding hydrogens is 310 g/mol.